The third kappa shape index (κ3) is 7.52. The summed E-state index contributed by atoms with van der Waals surface area (Å²) in [5.74, 6) is 0. The van der Waals surface area contributed by atoms with E-state index in [2.05, 4.69) is 12.6 Å². The van der Waals surface area contributed by atoms with Crippen LogP contribution in [0.3, 0.4) is 0 Å². The molecule has 0 bridgehead atoms. The van der Waals surface area contributed by atoms with Crippen LogP contribution in [0.1, 0.15) is 25.7 Å². The molecule has 2 heteroatoms. The van der Waals surface area contributed by atoms with Crippen LogP contribution < -0.4 is 0 Å². The summed E-state index contributed by atoms with van der Waals surface area (Å²) in [5.41, 5.74) is 0. The highest BCUT2D eigenvalue weighted by molar-refractivity contribution is 6.29. The summed E-state index contributed by atoms with van der Waals surface area (Å²) in [4.78, 5) is 0. The zero-order valence-corrected chi connectivity index (χ0v) is 6.12. The zero-order valence-electron chi connectivity index (χ0n) is 5.36. The normalized spacial score (nSPS) is 8.44. The van der Waals surface area contributed by atoms with Gasteiger partial charge in [0, 0.05) is 11.5 Å². The topological polar surface area (TPSA) is 23.8 Å². The van der Waals surface area contributed by atoms with Crippen molar-refractivity contribution >= 4 is 11.6 Å². The Hall–Kier alpha value is -0.480. The van der Waals surface area contributed by atoms with E-state index < -0.39 is 0 Å². The van der Waals surface area contributed by atoms with Gasteiger partial charge in [0.25, 0.3) is 0 Å². The lowest BCUT2D eigenvalue weighted by atomic mass is 10.2. The van der Waals surface area contributed by atoms with Crippen molar-refractivity contribution in [3.8, 4) is 6.07 Å². The van der Waals surface area contributed by atoms with Crippen molar-refractivity contribution in [1.29, 1.82) is 5.26 Å². The molecule has 0 amide bonds. The smallest absolute Gasteiger partial charge is 0.0621 e. The van der Waals surface area contributed by atoms with Crippen LogP contribution in [0.2, 0.25) is 0 Å². The molecule has 0 aromatic heterocycles. The number of hydrogen-bond donors (Lipinski definition) is 0. The molecular weight excluding hydrogens is 134 g/mol. The molecule has 0 heterocycles. The van der Waals surface area contributed by atoms with E-state index in [1.807, 2.05) is 0 Å². The van der Waals surface area contributed by atoms with E-state index in [9.17, 15) is 0 Å². The predicted octanol–water partition coefficient (Wildman–Crippen LogP) is 2.82. The van der Waals surface area contributed by atoms with Gasteiger partial charge in [-0.1, -0.05) is 18.2 Å². The second-order valence-corrected chi connectivity index (χ2v) is 2.42. The first-order chi connectivity index (χ1) is 4.27. The fraction of sp³-hybridized carbons (Fsp3) is 0.571. The third-order valence-electron chi connectivity index (χ3n) is 0.987. The SMILES string of the molecule is C=C(Cl)CCCCC#N. The zero-order chi connectivity index (χ0) is 7.11. The van der Waals surface area contributed by atoms with Gasteiger partial charge in [0.15, 0.2) is 0 Å². The molecule has 0 unspecified atom stereocenters. The predicted molar refractivity (Wildman–Crippen MR) is 39.1 cm³/mol. The van der Waals surface area contributed by atoms with E-state index >= 15 is 0 Å². The average Bonchev–Trinajstić information content (AvgIpc) is 1.80. The van der Waals surface area contributed by atoms with Gasteiger partial charge in [-0.15, -0.1) is 0 Å². The standard InChI is InChI=1S/C7H10ClN/c1-7(8)5-3-2-4-6-9/h1-5H2. The molecule has 9 heavy (non-hydrogen) atoms. The van der Waals surface area contributed by atoms with E-state index in [1.165, 1.54) is 0 Å². The van der Waals surface area contributed by atoms with E-state index in [4.69, 9.17) is 16.9 Å². The molecule has 0 aromatic carbocycles. The van der Waals surface area contributed by atoms with Gasteiger partial charge in [-0.2, -0.15) is 5.26 Å². The first-order valence-corrected chi connectivity index (χ1v) is 3.35. The van der Waals surface area contributed by atoms with Gasteiger partial charge >= 0.3 is 0 Å². The Morgan fingerprint density at radius 1 is 1.56 bits per heavy atom. The first kappa shape index (κ1) is 8.52. The van der Waals surface area contributed by atoms with Crippen LogP contribution in [-0.4, -0.2) is 0 Å². The maximum absolute atomic E-state index is 8.13. The molecule has 0 aliphatic heterocycles. The van der Waals surface area contributed by atoms with Crippen molar-refractivity contribution in [3.63, 3.8) is 0 Å². The highest BCUT2D eigenvalue weighted by Crippen LogP contribution is 2.09. The molecule has 0 atom stereocenters. The van der Waals surface area contributed by atoms with Gasteiger partial charge < -0.3 is 0 Å². The fourth-order valence-corrected chi connectivity index (χ4v) is 0.655. The minimum atomic E-state index is 0.629. The molecule has 0 saturated carbocycles. The molecule has 0 spiro atoms. The van der Waals surface area contributed by atoms with E-state index in [0.29, 0.717) is 11.5 Å². The van der Waals surface area contributed by atoms with Crippen LogP contribution in [0.15, 0.2) is 11.6 Å². The second-order valence-electron chi connectivity index (χ2n) is 1.88. The summed E-state index contributed by atoms with van der Waals surface area (Å²) in [5, 5.41) is 8.81. The maximum Gasteiger partial charge on any atom is 0.0621 e. The molecule has 0 radical (unpaired) electrons. The van der Waals surface area contributed by atoms with Crippen LogP contribution in [0.25, 0.3) is 0 Å². The van der Waals surface area contributed by atoms with Crippen molar-refractivity contribution < 1.29 is 0 Å². The molecular formula is C7H10ClN. The number of nitriles is 1. The number of hydrogen-bond acceptors (Lipinski definition) is 1. The Morgan fingerprint density at radius 2 is 2.22 bits per heavy atom. The molecule has 0 aromatic rings. The lowest BCUT2D eigenvalue weighted by Crippen LogP contribution is -1.74. The summed E-state index contributed by atoms with van der Waals surface area (Å²) in [6.45, 7) is 3.54. The highest BCUT2D eigenvalue weighted by Gasteiger charge is 1.88. The Kier molecular flexibility index (Phi) is 5.35. The van der Waals surface area contributed by atoms with Crippen molar-refractivity contribution in [2.75, 3.05) is 0 Å². The number of rotatable bonds is 4. The summed E-state index contributed by atoms with van der Waals surface area (Å²) in [7, 11) is 0. The largest absolute Gasteiger partial charge is 0.198 e. The number of unbranched alkanes of at least 4 members (excludes halogenated alkanes) is 2. The molecule has 1 nitrogen and oxygen atoms in total. The van der Waals surface area contributed by atoms with Gasteiger partial charge in [0.05, 0.1) is 6.07 Å². The first-order valence-electron chi connectivity index (χ1n) is 2.97. The van der Waals surface area contributed by atoms with Crippen molar-refractivity contribution in [2.45, 2.75) is 25.7 Å². The van der Waals surface area contributed by atoms with Gasteiger partial charge in [-0.05, 0) is 19.3 Å². The van der Waals surface area contributed by atoms with Gasteiger partial charge in [0.2, 0.25) is 0 Å². The highest BCUT2D eigenvalue weighted by atomic mass is 35.5. The monoisotopic (exact) mass is 143 g/mol. The lowest BCUT2D eigenvalue weighted by molar-refractivity contribution is 0.763. The van der Waals surface area contributed by atoms with E-state index in [1.54, 1.807) is 0 Å². The number of allylic oxidation sites excluding steroid dienone is 1. The van der Waals surface area contributed by atoms with Crippen LogP contribution >= 0.6 is 11.6 Å². The molecule has 0 aliphatic carbocycles. The minimum absolute atomic E-state index is 0.629. The van der Waals surface area contributed by atoms with Crippen LogP contribution in [-0.2, 0) is 0 Å². The Bertz CT molecular complexity index is 123. The van der Waals surface area contributed by atoms with Crippen molar-refractivity contribution in [3.05, 3.63) is 11.6 Å². The van der Waals surface area contributed by atoms with E-state index in [0.717, 1.165) is 19.3 Å². The number of nitrogens with zero attached hydrogens (tertiary/aromatic N) is 1. The minimum Gasteiger partial charge on any atom is -0.198 e. The second kappa shape index (κ2) is 5.65. The van der Waals surface area contributed by atoms with Crippen molar-refractivity contribution in [1.82, 2.24) is 0 Å². The number of halogens is 1. The van der Waals surface area contributed by atoms with E-state index in [-0.39, 0.29) is 0 Å². The summed E-state index contributed by atoms with van der Waals surface area (Å²) >= 11 is 5.48. The summed E-state index contributed by atoms with van der Waals surface area (Å²) < 4.78 is 0. The van der Waals surface area contributed by atoms with Crippen LogP contribution in [0, 0.1) is 11.3 Å². The van der Waals surface area contributed by atoms with Crippen LogP contribution in [0.5, 0.6) is 0 Å². The quantitative estimate of drug-likeness (QED) is 0.556. The molecule has 0 fully saturated rings. The molecule has 0 aliphatic rings. The Labute approximate surface area is 60.9 Å². The average molecular weight is 144 g/mol. The summed E-state index contributed by atoms with van der Waals surface area (Å²) in [6, 6.07) is 2.07. The Balaban J connectivity index is 2.94. The van der Waals surface area contributed by atoms with Gasteiger partial charge in [0.1, 0.15) is 0 Å². The Morgan fingerprint density at radius 3 is 2.67 bits per heavy atom. The molecule has 50 valence electrons. The van der Waals surface area contributed by atoms with Crippen molar-refractivity contribution in [2.24, 2.45) is 0 Å². The molecule has 0 rings (SSSR count). The summed E-state index contributed by atoms with van der Waals surface area (Å²) in [6.07, 6.45) is 3.38. The van der Waals surface area contributed by atoms with Crippen LogP contribution in [0.4, 0.5) is 0 Å². The lowest BCUT2D eigenvalue weighted by Gasteiger charge is -1.92. The molecule has 0 saturated heterocycles. The fourth-order valence-electron chi connectivity index (χ4n) is 0.521. The maximum atomic E-state index is 8.13. The van der Waals surface area contributed by atoms with Gasteiger partial charge in [-0.25, -0.2) is 0 Å². The third-order valence-corrected chi connectivity index (χ3v) is 1.18. The molecule has 0 N–H and O–H groups in total. The van der Waals surface area contributed by atoms with Gasteiger partial charge in [-0.3, -0.25) is 0 Å².